The van der Waals surface area contributed by atoms with Crippen LogP contribution in [-0.4, -0.2) is 86.5 Å². The number of nitrogens with zero attached hydrogens (tertiary/aromatic N) is 6. The molecule has 2 atom stereocenters. The molecule has 0 saturated carbocycles. The zero-order chi connectivity index (χ0) is 22.1. The third kappa shape index (κ3) is 5.36. The first-order valence-electron chi connectivity index (χ1n) is 8.35. The number of nitriles is 1. The molecule has 0 unspecified atom stereocenters. The van der Waals surface area contributed by atoms with Gasteiger partial charge in [-0.1, -0.05) is 5.10 Å². The number of aliphatic carboxylic acids is 1. The second kappa shape index (κ2) is 9.96. The summed E-state index contributed by atoms with van der Waals surface area (Å²) >= 11 is 1.21. The van der Waals surface area contributed by atoms with Crippen LogP contribution in [0.25, 0.3) is 0 Å². The fourth-order valence-corrected chi connectivity index (χ4v) is 5.06. The number of hydrogen-bond acceptors (Lipinski definition) is 12. The predicted molar refractivity (Wildman–Crippen MR) is 98.6 cm³/mol. The Morgan fingerprint density at radius 2 is 2.13 bits per heavy atom. The molecule has 1 aromatic heterocycles. The SMILES string of the molecule is Cn1nnnc1NCC1=C(C(=O)[O-])N2C(=O)[C@@H](NC(=O)CS(=O)(=O)CC#N)[C@H]2SC1.[Na+]. The Morgan fingerprint density at radius 1 is 1.42 bits per heavy atom. The van der Waals surface area contributed by atoms with E-state index >= 15 is 0 Å². The Bertz CT molecular complexity index is 1080. The molecule has 0 spiro atoms. The summed E-state index contributed by atoms with van der Waals surface area (Å²) in [4.78, 5) is 37.1. The van der Waals surface area contributed by atoms with E-state index in [9.17, 15) is 27.9 Å². The van der Waals surface area contributed by atoms with Gasteiger partial charge in [-0.2, -0.15) is 5.26 Å². The summed E-state index contributed by atoms with van der Waals surface area (Å²) in [6.45, 7) is 0.0461. The number of carbonyl (C=O) groups is 3. The number of hydrogen-bond donors (Lipinski definition) is 2. The number of carboxylic acid groups (broad SMARTS) is 1. The normalized spacial score (nSPS) is 20.1. The standard InChI is InChI=1S/C14H16N8O6S2.Na/c1-21-14(18-19-20-21)16-4-7-5-29-12-9(11(24)22(12)10(7)13(25)26)17-8(23)6-30(27,28)3-2-15;/h9,12H,3-6H2,1H3,(H,17,23)(H,25,26)(H,16,18,20);/q;+1/p-1/t9-,12-;/m1./s1. The third-order valence-electron chi connectivity index (χ3n) is 4.27. The number of fused-ring (bicyclic) bond motifs is 1. The molecule has 0 radical (unpaired) electrons. The second-order valence-corrected chi connectivity index (χ2v) is 9.53. The fourth-order valence-electron chi connectivity index (χ4n) is 2.94. The average molecular weight is 478 g/mol. The van der Waals surface area contributed by atoms with Crippen LogP contribution in [0, 0.1) is 11.3 Å². The molecule has 2 aliphatic heterocycles. The summed E-state index contributed by atoms with van der Waals surface area (Å²) in [5.41, 5.74) is 0.0583. The molecule has 17 heteroatoms. The molecule has 3 heterocycles. The van der Waals surface area contributed by atoms with Gasteiger partial charge in [0.05, 0.1) is 17.7 Å². The van der Waals surface area contributed by atoms with E-state index in [2.05, 4.69) is 26.2 Å². The molecular formula is C14H15N8NaO6S2. The number of sulfone groups is 1. The predicted octanol–water partition coefficient (Wildman–Crippen LogP) is -7.03. The number of carbonyl (C=O) groups excluding carboxylic acids is 3. The van der Waals surface area contributed by atoms with Crippen molar-refractivity contribution in [2.75, 3.05) is 29.1 Å². The van der Waals surface area contributed by atoms with Crippen LogP contribution in [0.15, 0.2) is 11.3 Å². The Morgan fingerprint density at radius 3 is 2.71 bits per heavy atom. The number of aromatic nitrogens is 4. The molecule has 0 aromatic carbocycles. The monoisotopic (exact) mass is 478 g/mol. The van der Waals surface area contributed by atoms with Crippen LogP contribution in [-0.2, 0) is 31.3 Å². The van der Waals surface area contributed by atoms with Gasteiger partial charge in [-0.15, -0.1) is 11.8 Å². The van der Waals surface area contributed by atoms with Crippen molar-refractivity contribution in [2.24, 2.45) is 7.05 Å². The number of anilines is 1. The van der Waals surface area contributed by atoms with Gasteiger partial charge in [0.15, 0.2) is 9.84 Å². The number of carboxylic acids is 1. The van der Waals surface area contributed by atoms with Crippen molar-refractivity contribution in [3.63, 3.8) is 0 Å². The first-order chi connectivity index (χ1) is 14.1. The number of thioether (sulfide) groups is 1. The summed E-state index contributed by atoms with van der Waals surface area (Å²) < 4.78 is 24.5. The van der Waals surface area contributed by atoms with Crippen molar-refractivity contribution >= 4 is 45.3 Å². The van der Waals surface area contributed by atoms with Gasteiger partial charge in [0.25, 0.3) is 5.91 Å². The Kier molecular flexibility index (Phi) is 8.05. The van der Waals surface area contributed by atoms with E-state index in [-0.39, 0.29) is 47.6 Å². The Hall–Kier alpha value is -2.19. The molecule has 31 heavy (non-hydrogen) atoms. The zero-order valence-corrected chi connectivity index (χ0v) is 20.1. The van der Waals surface area contributed by atoms with Crippen molar-refractivity contribution in [3.8, 4) is 6.07 Å². The van der Waals surface area contributed by atoms with E-state index < -0.39 is 50.5 Å². The summed E-state index contributed by atoms with van der Waals surface area (Å²) in [6, 6.07) is 0.375. The molecule has 1 aromatic rings. The summed E-state index contributed by atoms with van der Waals surface area (Å²) in [7, 11) is -2.33. The first kappa shape index (κ1) is 25.1. The van der Waals surface area contributed by atoms with E-state index in [0.717, 1.165) is 4.90 Å². The topological polar surface area (TPSA) is 203 Å². The second-order valence-electron chi connectivity index (χ2n) is 6.36. The number of rotatable bonds is 8. The van der Waals surface area contributed by atoms with Crippen LogP contribution in [0.5, 0.6) is 0 Å². The average Bonchev–Trinajstić information content (AvgIpc) is 3.07. The van der Waals surface area contributed by atoms with E-state index in [4.69, 9.17) is 5.26 Å². The van der Waals surface area contributed by atoms with Crippen LogP contribution in [0.4, 0.5) is 5.95 Å². The number of aryl methyl sites for hydroxylation is 1. The van der Waals surface area contributed by atoms with Crippen LogP contribution in [0.3, 0.4) is 0 Å². The maximum absolute atomic E-state index is 12.5. The van der Waals surface area contributed by atoms with Crippen molar-refractivity contribution in [1.29, 1.82) is 5.26 Å². The molecular weight excluding hydrogens is 463 g/mol. The van der Waals surface area contributed by atoms with Gasteiger partial charge in [0.1, 0.15) is 22.9 Å². The van der Waals surface area contributed by atoms with Gasteiger partial charge >= 0.3 is 29.6 Å². The van der Waals surface area contributed by atoms with E-state index in [1.807, 2.05) is 0 Å². The van der Waals surface area contributed by atoms with Crippen molar-refractivity contribution in [1.82, 2.24) is 30.4 Å². The van der Waals surface area contributed by atoms with Crippen LogP contribution in [0.1, 0.15) is 0 Å². The molecule has 2 aliphatic rings. The largest absolute Gasteiger partial charge is 1.00 e. The van der Waals surface area contributed by atoms with Gasteiger partial charge in [0.2, 0.25) is 11.9 Å². The Balaban J connectivity index is 0.00000341. The van der Waals surface area contributed by atoms with Crippen LogP contribution < -0.4 is 45.3 Å². The van der Waals surface area contributed by atoms with E-state index in [0.29, 0.717) is 11.5 Å². The first-order valence-corrected chi connectivity index (χ1v) is 11.2. The van der Waals surface area contributed by atoms with Crippen LogP contribution in [0.2, 0.25) is 0 Å². The van der Waals surface area contributed by atoms with Gasteiger partial charge in [-0.25, -0.2) is 13.1 Å². The number of nitrogens with one attached hydrogen (secondary N) is 2. The molecule has 2 amide bonds. The van der Waals surface area contributed by atoms with E-state index in [1.165, 1.54) is 22.5 Å². The molecule has 0 aliphatic carbocycles. The van der Waals surface area contributed by atoms with Gasteiger partial charge in [-0.05, 0) is 16.0 Å². The number of β-lactam (4-membered cyclic amide) rings is 1. The third-order valence-corrected chi connectivity index (χ3v) is 6.88. The quantitative estimate of drug-likeness (QED) is 0.264. The molecule has 2 N–H and O–H groups in total. The van der Waals surface area contributed by atoms with Gasteiger partial charge < -0.3 is 20.5 Å². The summed E-state index contributed by atoms with van der Waals surface area (Å²) in [5.74, 6) is -4.44. The molecule has 3 rings (SSSR count). The van der Waals surface area contributed by atoms with Crippen molar-refractivity contribution in [3.05, 3.63) is 11.3 Å². The maximum Gasteiger partial charge on any atom is 1.00 e. The van der Waals surface area contributed by atoms with Crippen LogP contribution >= 0.6 is 11.8 Å². The van der Waals surface area contributed by atoms with Crippen molar-refractivity contribution in [2.45, 2.75) is 11.4 Å². The smallest absolute Gasteiger partial charge is 0.543 e. The number of tetrazole rings is 1. The summed E-state index contributed by atoms with van der Waals surface area (Å²) in [6.07, 6.45) is 0. The number of amides is 2. The zero-order valence-electron chi connectivity index (χ0n) is 16.4. The Labute approximate surface area is 202 Å². The molecule has 1 fully saturated rings. The molecule has 0 bridgehead atoms. The van der Waals surface area contributed by atoms with Crippen molar-refractivity contribution < 1.29 is 57.5 Å². The maximum atomic E-state index is 12.5. The van der Waals surface area contributed by atoms with Gasteiger partial charge in [0, 0.05) is 19.3 Å². The minimum atomic E-state index is -3.92. The molecule has 14 nitrogen and oxygen atoms in total. The molecule has 1 saturated heterocycles. The van der Waals surface area contributed by atoms with E-state index in [1.54, 1.807) is 7.05 Å². The fraction of sp³-hybridized carbons (Fsp3) is 0.500. The molecule has 160 valence electrons. The minimum Gasteiger partial charge on any atom is -0.543 e. The van der Waals surface area contributed by atoms with Gasteiger partial charge in [-0.3, -0.25) is 14.5 Å². The minimum absolute atomic E-state index is 0. The summed E-state index contributed by atoms with van der Waals surface area (Å²) in [5, 5.41) is 35.4.